The smallest absolute Gasteiger partial charge is 0.325 e. The van der Waals surface area contributed by atoms with E-state index in [-0.39, 0.29) is 6.54 Å². The first-order chi connectivity index (χ1) is 12.9. The van der Waals surface area contributed by atoms with E-state index in [0.717, 1.165) is 21.3 Å². The number of aryl methyl sites for hydroxylation is 2. The second kappa shape index (κ2) is 7.75. The van der Waals surface area contributed by atoms with Crippen molar-refractivity contribution in [2.24, 2.45) is 4.99 Å². The minimum absolute atomic E-state index is 0.0168. The number of nitrogens with zero attached hydrogens (tertiary/aromatic N) is 2. The largest absolute Gasteiger partial charge is 0.496 e. The number of fused-ring (bicyclic) bond motifs is 1. The van der Waals surface area contributed by atoms with Crippen LogP contribution in [0.25, 0.3) is 10.2 Å². The summed E-state index contributed by atoms with van der Waals surface area (Å²) in [5.74, 6) is -0.372. The van der Waals surface area contributed by atoms with E-state index in [9.17, 15) is 9.59 Å². The van der Waals surface area contributed by atoms with E-state index in [1.54, 1.807) is 28.8 Å². The van der Waals surface area contributed by atoms with Crippen molar-refractivity contribution >= 4 is 33.4 Å². The summed E-state index contributed by atoms with van der Waals surface area (Å²) in [6, 6.07) is 11.0. The van der Waals surface area contributed by atoms with Crippen LogP contribution in [0, 0.1) is 13.8 Å². The van der Waals surface area contributed by atoms with Crippen molar-refractivity contribution < 1.29 is 19.1 Å². The Morgan fingerprint density at radius 1 is 1.11 bits per heavy atom. The Bertz CT molecular complexity index is 1100. The van der Waals surface area contributed by atoms with Gasteiger partial charge in [0.15, 0.2) is 4.80 Å². The molecule has 0 bridgehead atoms. The van der Waals surface area contributed by atoms with Gasteiger partial charge in [-0.2, -0.15) is 4.99 Å². The molecule has 0 fully saturated rings. The van der Waals surface area contributed by atoms with Gasteiger partial charge in [0, 0.05) is 0 Å². The summed E-state index contributed by atoms with van der Waals surface area (Å²) >= 11 is 1.36. The molecule has 1 aromatic heterocycles. The highest BCUT2D eigenvalue weighted by Crippen LogP contribution is 2.23. The molecule has 1 heterocycles. The van der Waals surface area contributed by atoms with E-state index in [4.69, 9.17) is 9.47 Å². The quantitative estimate of drug-likeness (QED) is 0.648. The van der Waals surface area contributed by atoms with E-state index in [0.29, 0.717) is 16.1 Å². The number of hydrogen-bond donors (Lipinski definition) is 0. The first-order valence-corrected chi connectivity index (χ1v) is 9.15. The maximum Gasteiger partial charge on any atom is 0.325 e. The van der Waals surface area contributed by atoms with Gasteiger partial charge >= 0.3 is 5.97 Å². The summed E-state index contributed by atoms with van der Waals surface area (Å²) in [7, 11) is 2.85. The van der Waals surface area contributed by atoms with Crippen LogP contribution in [0.5, 0.6) is 5.75 Å². The summed E-state index contributed by atoms with van der Waals surface area (Å²) in [6.45, 7) is 4.01. The molecule has 0 N–H and O–H groups in total. The first-order valence-electron chi connectivity index (χ1n) is 8.34. The zero-order valence-electron chi connectivity index (χ0n) is 15.6. The molecule has 6 nitrogen and oxygen atoms in total. The van der Waals surface area contributed by atoms with Crippen LogP contribution in [-0.4, -0.2) is 30.7 Å². The van der Waals surface area contributed by atoms with Gasteiger partial charge in [-0.3, -0.25) is 9.59 Å². The number of thiazole rings is 1. The molecule has 3 aromatic rings. The second-order valence-electron chi connectivity index (χ2n) is 6.07. The Morgan fingerprint density at radius 3 is 2.52 bits per heavy atom. The molecule has 0 saturated heterocycles. The molecule has 2 aromatic carbocycles. The molecule has 140 valence electrons. The Hall–Kier alpha value is -2.93. The van der Waals surface area contributed by atoms with Crippen LogP contribution in [0.3, 0.4) is 0 Å². The summed E-state index contributed by atoms with van der Waals surface area (Å²) in [5.41, 5.74) is 3.45. The third kappa shape index (κ3) is 3.78. The highest BCUT2D eigenvalue weighted by molar-refractivity contribution is 7.16. The van der Waals surface area contributed by atoms with Crippen LogP contribution in [0.15, 0.2) is 41.4 Å². The molecule has 0 atom stereocenters. The molecule has 0 saturated carbocycles. The van der Waals surface area contributed by atoms with E-state index < -0.39 is 11.9 Å². The molecule has 1 amide bonds. The van der Waals surface area contributed by atoms with Gasteiger partial charge in [-0.25, -0.2) is 0 Å². The minimum Gasteiger partial charge on any atom is -0.496 e. The molecule has 0 aliphatic heterocycles. The lowest BCUT2D eigenvalue weighted by molar-refractivity contribution is -0.141. The van der Waals surface area contributed by atoms with Crippen molar-refractivity contribution in [3.63, 3.8) is 0 Å². The number of aromatic nitrogens is 1. The normalized spacial score (nSPS) is 11.6. The molecule has 0 spiro atoms. The second-order valence-corrected chi connectivity index (χ2v) is 7.08. The van der Waals surface area contributed by atoms with Crippen LogP contribution >= 0.6 is 11.3 Å². The molecule has 0 aliphatic carbocycles. The number of rotatable bonds is 4. The summed E-state index contributed by atoms with van der Waals surface area (Å²) < 4.78 is 12.7. The average Bonchev–Trinajstić information content (AvgIpc) is 2.98. The van der Waals surface area contributed by atoms with Gasteiger partial charge in [-0.05, 0) is 49.2 Å². The van der Waals surface area contributed by atoms with Crippen molar-refractivity contribution in [3.05, 3.63) is 57.9 Å². The zero-order valence-corrected chi connectivity index (χ0v) is 16.4. The monoisotopic (exact) mass is 384 g/mol. The lowest BCUT2D eigenvalue weighted by Crippen LogP contribution is -2.22. The summed E-state index contributed by atoms with van der Waals surface area (Å²) in [5, 5.41) is 0. The van der Waals surface area contributed by atoms with E-state index in [2.05, 4.69) is 4.99 Å². The minimum atomic E-state index is -0.425. The number of esters is 1. The van der Waals surface area contributed by atoms with Gasteiger partial charge in [-0.15, -0.1) is 0 Å². The SMILES string of the molecule is COC(=O)Cn1c(=NC(=O)c2ccccc2OC)sc2cc(C)c(C)cc21. The number of ether oxygens (including phenoxy) is 2. The van der Waals surface area contributed by atoms with E-state index in [1.807, 2.05) is 26.0 Å². The fourth-order valence-corrected chi connectivity index (χ4v) is 3.83. The van der Waals surface area contributed by atoms with Crippen molar-refractivity contribution in [1.29, 1.82) is 0 Å². The van der Waals surface area contributed by atoms with Gasteiger partial charge < -0.3 is 14.0 Å². The maximum absolute atomic E-state index is 12.7. The molecule has 7 heteroatoms. The lowest BCUT2D eigenvalue weighted by atomic mass is 10.1. The predicted octanol–water partition coefficient (Wildman–Crippen LogP) is 3.24. The van der Waals surface area contributed by atoms with Gasteiger partial charge in [0.1, 0.15) is 12.3 Å². The predicted molar refractivity (Wildman–Crippen MR) is 104 cm³/mol. The van der Waals surface area contributed by atoms with Crippen molar-refractivity contribution in [2.75, 3.05) is 14.2 Å². The van der Waals surface area contributed by atoms with Gasteiger partial charge in [0.05, 0.1) is 30.0 Å². The van der Waals surface area contributed by atoms with Gasteiger partial charge in [0.25, 0.3) is 5.91 Å². The van der Waals surface area contributed by atoms with Crippen molar-refractivity contribution in [2.45, 2.75) is 20.4 Å². The fourth-order valence-electron chi connectivity index (χ4n) is 2.72. The van der Waals surface area contributed by atoms with Crippen LogP contribution in [0.4, 0.5) is 0 Å². The van der Waals surface area contributed by atoms with E-state index in [1.165, 1.54) is 25.6 Å². The Balaban J connectivity index is 2.20. The molecule has 0 unspecified atom stereocenters. The summed E-state index contributed by atoms with van der Waals surface area (Å²) in [6.07, 6.45) is 0. The average molecular weight is 384 g/mol. The first kappa shape index (κ1) is 18.8. The lowest BCUT2D eigenvalue weighted by Gasteiger charge is -2.06. The standard InChI is InChI=1S/C20H20N2O4S/c1-12-9-15-17(10-13(12)2)27-20(22(15)11-18(23)26-4)21-19(24)14-7-5-6-8-16(14)25-3/h5-10H,11H2,1-4H3. The van der Waals surface area contributed by atoms with Crippen LogP contribution in [-0.2, 0) is 16.1 Å². The number of para-hydroxylation sites is 1. The summed E-state index contributed by atoms with van der Waals surface area (Å²) in [4.78, 5) is 29.4. The van der Waals surface area contributed by atoms with Crippen molar-refractivity contribution in [1.82, 2.24) is 4.57 Å². The number of carbonyl (C=O) groups is 2. The zero-order chi connectivity index (χ0) is 19.6. The molecular weight excluding hydrogens is 364 g/mol. The number of hydrogen-bond acceptors (Lipinski definition) is 5. The maximum atomic E-state index is 12.7. The third-order valence-electron chi connectivity index (χ3n) is 4.35. The van der Waals surface area contributed by atoms with Gasteiger partial charge in [0.2, 0.25) is 0 Å². The Morgan fingerprint density at radius 2 is 1.81 bits per heavy atom. The number of methoxy groups -OCH3 is 2. The van der Waals surface area contributed by atoms with Crippen LogP contribution < -0.4 is 9.54 Å². The molecule has 0 aliphatic rings. The van der Waals surface area contributed by atoms with E-state index >= 15 is 0 Å². The molecular formula is C20H20N2O4S. The Labute approximate surface area is 160 Å². The third-order valence-corrected chi connectivity index (χ3v) is 5.39. The molecule has 3 rings (SSSR count). The highest BCUT2D eigenvalue weighted by atomic mass is 32.1. The topological polar surface area (TPSA) is 69.9 Å². The van der Waals surface area contributed by atoms with Crippen LogP contribution in [0.1, 0.15) is 21.5 Å². The molecule has 0 radical (unpaired) electrons. The van der Waals surface area contributed by atoms with Gasteiger partial charge in [-0.1, -0.05) is 23.5 Å². The fraction of sp³-hybridized carbons (Fsp3) is 0.250. The Kier molecular flexibility index (Phi) is 5.41. The number of carbonyl (C=O) groups excluding carboxylic acids is 2. The number of benzene rings is 2. The van der Waals surface area contributed by atoms with Crippen LogP contribution in [0.2, 0.25) is 0 Å². The molecule has 27 heavy (non-hydrogen) atoms. The highest BCUT2D eigenvalue weighted by Gasteiger charge is 2.15. The number of amides is 1. The van der Waals surface area contributed by atoms with Crippen molar-refractivity contribution in [3.8, 4) is 5.75 Å².